The van der Waals surface area contributed by atoms with Crippen LogP contribution in [0.5, 0.6) is 0 Å². The van der Waals surface area contributed by atoms with Gasteiger partial charge in [0.1, 0.15) is 5.60 Å². The lowest BCUT2D eigenvalue weighted by molar-refractivity contribution is -0.155. The Hall–Kier alpha value is -0.870. The first kappa shape index (κ1) is 10.2. The second-order valence-corrected chi connectivity index (χ2v) is 3.24. The van der Waals surface area contributed by atoms with Gasteiger partial charge in [-0.3, -0.25) is 4.79 Å². The Morgan fingerprint density at radius 1 is 1.85 bits per heavy atom. The second-order valence-electron chi connectivity index (χ2n) is 3.24. The van der Waals surface area contributed by atoms with Gasteiger partial charge in [0.05, 0.1) is 12.7 Å². The maximum Gasteiger partial charge on any atom is 0.303 e. The summed E-state index contributed by atoms with van der Waals surface area (Å²) in [6.45, 7) is 6.65. The van der Waals surface area contributed by atoms with Crippen LogP contribution in [0.25, 0.3) is 0 Å². The number of ether oxygens (including phenoxy) is 2. The van der Waals surface area contributed by atoms with E-state index < -0.39 is 17.7 Å². The molecule has 0 aromatic rings. The summed E-state index contributed by atoms with van der Waals surface area (Å²) in [5.41, 5.74) is -1.24. The number of esters is 1. The Bertz CT molecular complexity index is 226. The SMILES string of the molecule is C=C[C@@]1(O)CO[C@H](C)[C@H]1OC(C)=O. The predicted octanol–water partition coefficient (Wildman–Crippen LogP) is 0.254. The van der Waals surface area contributed by atoms with Gasteiger partial charge in [-0.05, 0) is 6.92 Å². The predicted molar refractivity (Wildman–Crippen MR) is 46.1 cm³/mol. The quantitative estimate of drug-likeness (QED) is 0.496. The molecule has 0 aromatic carbocycles. The molecule has 0 aromatic heterocycles. The Kier molecular flexibility index (Phi) is 2.73. The van der Waals surface area contributed by atoms with Gasteiger partial charge in [0, 0.05) is 6.92 Å². The first-order valence-corrected chi connectivity index (χ1v) is 4.14. The van der Waals surface area contributed by atoms with Crippen LogP contribution in [-0.4, -0.2) is 35.5 Å². The average molecular weight is 186 g/mol. The highest BCUT2D eigenvalue weighted by Gasteiger charge is 2.47. The zero-order valence-corrected chi connectivity index (χ0v) is 7.82. The summed E-state index contributed by atoms with van der Waals surface area (Å²) < 4.78 is 10.1. The van der Waals surface area contributed by atoms with E-state index in [-0.39, 0.29) is 12.7 Å². The van der Waals surface area contributed by atoms with Crippen molar-refractivity contribution in [2.45, 2.75) is 31.7 Å². The van der Waals surface area contributed by atoms with Crippen molar-refractivity contribution in [3.63, 3.8) is 0 Å². The van der Waals surface area contributed by atoms with Crippen molar-refractivity contribution in [3.8, 4) is 0 Å². The summed E-state index contributed by atoms with van der Waals surface area (Å²) in [5, 5.41) is 9.86. The molecule has 0 bridgehead atoms. The van der Waals surface area contributed by atoms with E-state index in [0.717, 1.165) is 0 Å². The lowest BCUT2D eigenvalue weighted by atomic mass is 9.97. The van der Waals surface area contributed by atoms with E-state index in [1.54, 1.807) is 6.92 Å². The van der Waals surface area contributed by atoms with Crippen molar-refractivity contribution >= 4 is 5.97 Å². The summed E-state index contributed by atoms with van der Waals surface area (Å²) in [4.78, 5) is 10.7. The molecular weight excluding hydrogens is 172 g/mol. The Labute approximate surface area is 77.1 Å². The molecule has 1 rings (SSSR count). The molecule has 1 fully saturated rings. The summed E-state index contributed by atoms with van der Waals surface area (Å²) in [6.07, 6.45) is 0.402. The minimum absolute atomic E-state index is 0.121. The molecule has 1 saturated heterocycles. The van der Waals surface area contributed by atoms with Crippen molar-refractivity contribution in [2.75, 3.05) is 6.61 Å². The van der Waals surface area contributed by atoms with Crippen LogP contribution in [0.15, 0.2) is 12.7 Å². The molecule has 1 N–H and O–H groups in total. The minimum atomic E-state index is -1.24. The summed E-state index contributed by atoms with van der Waals surface area (Å²) >= 11 is 0. The van der Waals surface area contributed by atoms with Crippen LogP contribution in [0.2, 0.25) is 0 Å². The van der Waals surface area contributed by atoms with Gasteiger partial charge in [-0.2, -0.15) is 0 Å². The smallest absolute Gasteiger partial charge is 0.303 e. The number of hydrogen-bond donors (Lipinski definition) is 1. The van der Waals surface area contributed by atoms with Crippen LogP contribution in [0.4, 0.5) is 0 Å². The highest BCUT2D eigenvalue weighted by Crippen LogP contribution is 2.28. The van der Waals surface area contributed by atoms with Crippen LogP contribution in [-0.2, 0) is 14.3 Å². The van der Waals surface area contributed by atoms with Crippen LogP contribution < -0.4 is 0 Å². The maximum absolute atomic E-state index is 10.7. The van der Waals surface area contributed by atoms with Crippen LogP contribution in [0.3, 0.4) is 0 Å². The third-order valence-electron chi connectivity index (χ3n) is 2.14. The van der Waals surface area contributed by atoms with E-state index in [1.165, 1.54) is 13.0 Å². The first-order valence-electron chi connectivity index (χ1n) is 4.14. The topological polar surface area (TPSA) is 55.8 Å². The van der Waals surface area contributed by atoms with Crippen LogP contribution in [0.1, 0.15) is 13.8 Å². The van der Waals surface area contributed by atoms with Gasteiger partial charge in [0.25, 0.3) is 0 Å². The Balaban J connectivity index is 2.76. The molecule has 4 nitrogen and oxygen atoms in total. The van der Waals surface area contributed by atoms with Crippen molar-refractivity contribution < 1.29 is 19.4 Å². The summed E-state index contributed by atoms with van der Waals surface area (Å²) in [7, 11) is 0. The normalized spacial score (nSPS) is 38.7. The van der Waals surface area contributed by atoms with Gasteiger partial charge in [0.2, 0.25) is 0 Å². The van der Waals surface area contributed by atoms with Crippen LogP contribution in [0, 0.1) is 0 Å². The zero-order chi connectivity index (χ0) is 10.1. The fraction of sp³-hybridized carbons (Fsp3) is 0.667. The van der Waals surface area contributed by atoms with Crippen molar-refractivity contribution in [1.82, 2.24) is 0 Å². The second kappa shape index (κ2) is 3.47. The summed E-state index contributed by atoms with van der Waals surface area (Å²) in [5.74, 6) is -0.428. The molecule has 1 heterocycles. The van der Waals surface area contributed by atoms with E-state index in [1.807, 2.05) is 0 Å². The molecule has 1 aliphatic rings. The van der Waals surface area contributed by atoms with Crippen LogP contribution >= 0.6 is 0 Å². The maximum atomic E-state index is 10.7. The molecule has 0 unspecified atom stereocenters. The number of rotatable bonds is 2. The van der Waals surface area contributed by atoms with Gasteiger partial charge in [0.15, 0.2) is 6.10 Å². The lowest BCUT2D eigenvalue weighted by Crippen LogP contribution is -2.44. The molecule has 1 aliphatic heterocycles. The highest BCUT2D eigenvalue weighted by molar-refractivity contribution is 5.66. The van der Waals surface area contributed by atoms with Gasteiger partial charge in [-0.25, -0.2) is 0 Å². The van der Waals surface area contributed by atoms with E-state index in [9.17, 15) is 9.90 Å². The van der Waals surface area contributed by atoms with E-state index >= 15 is 0 Å². The monoisotopic (exact) mass is 186 g/mol. The van der Waals surface area contributed by atoms with Crippen molar-refractivity contribution in [2.24, 2.45) is 0 Å². The minimum Gasteiger partial charge on any atom is -0.456 e. The molecule has 13 heavy (non-hydrogen) atoms. The molecule has 0 radical (unpaired) electrons. The molecular formula is C9H14O4. The van der Waals surface area contributed by atoms with Gasteiger partial charge in [-0.1, -0.05) is 6.08 Å². The van der Waals surface area contributed by atoms with Crippen molar-refractivity contribution in [1.29, 1.82) is 0 Å². The third kappa shape index (κ3) is 1.89. The number of carbonyl (C=O) groups excluding carboxylic acids is 1. The molecule has 0 saturated carbocycles. The van der Waals surface area contributed by atoms with Gasteiger partial charge in [-0.15, -0.1) is 6.58 Å². The van der Waals surface area contributed by atoms with Gasteiger partial charge < -0.3 is 14.6 Å². The zero-order valence-electron chi connectivity index (χ0n) is 7.82. The lowest BCUT2D eigenvalue weighted by Gasteiger charge is -2.25. The first-order chi connectivity index (χ1) is 5.99. The largest absolute Gasteiger partial charge is 0.456 e. The Morgan fingerprint density at radius 2 is 2.46 bits per heavy atom. The molecule has 74 valence electrons. The standard InChI is InChI=1S/C9H14O4/c1-4-9(11)5-12-6(2)8(9)13-7(3)10/h4,6,8,11H,1,5H2,2-3H3/t6-,8-,9-/m1/s1. The molecule has 0 aliphatic carbocycles. The van der Waals surface area contributed by atoms with E-state index in [2.05, 4.69) is 6.58 Å². The Morgan fingerprint density at radius 3 is 2.92 bits per heavy atom. The number of aliphatic hydroxyl groups is 1. The molecule has 0 spiro atoms. The molecule has 4 heteroatoms. The van der Waals surface area contributed by atoms with Gasteiger partial charge >= 0.3 is 5.97 Å². The molecule has 3 atom stereocenters. The number of hydrogen-bond acceptors (Lipinski definition) is 4. The average Bonchev–Trinajstić information content (AvgIpc) is 2.33. The van der Waals surface area contributed by atoms with Crippen molar-refractivity contribution in [3.05, 3.63) is 12.7 Å². The highest BCUT2D eigenvalue weighted by atomic mass is 16.6. The fourth-order valence-electron chi connectivity index (χ4n) is 1.39. The summed E-state index contributed by atoms with van der Waals surface area (Å²) in [6, 6.07) is 0. The van der Waals surface area contributed by atoms with E-state index in [0.29, 0.717) is 0 Å². The fourth-order valence-corrected chi connectivity index (χ4v) is 1.39. The number of carbonyl (C=O) groups is 1. The third-order valence-corrected chi connectivity index (χ3v) is 2.14. The molecule has 0 amide bonds. The van der Waals surface area contributed by atoms with E-state index in [4.69, 9.17) is 9.47 Å².